The van der Waals surface area contributed by atoms with Crippen LogP contribution < -0.4 is 14.4 Å². The molecule has 2 aromatic rings. The zero-order valence-electron chi connectivity index (χ0n) is 20.4. The molecule has 1 N–H and O–H groups in total. The molecular weight excluding hydrogens is 558 g/mol. The van der Waals surface area contributed by atoms with Gasteiger partial charge < -0.3 is 15.0 Å². The van der Waals surface area contributed by atoms with Crippen molar-refractivity contribution < 1.29 is 22.7 Å². The van der Waals surface area contributed by atoms with E-state index in [-0.39, 0.29) is 29.1 Å². The summed E-state index contributed by atoms with van der Waals surface area (Å²) < 4.78 is 32.2. The second-order valence-corrected chi connectivity index (χ2v) is 11.8. The van der Waals surface area contributed by atoms with Crippen molar-refractivity contribution in [3.05, 3.63) is 57.5 Å². The quantitative estimate of drug-likeness (QED) is 0.427. The highest BCUT2D eigenvalue weighted by molar-refractivity contribution is 9.10. The number of anilines is 1. The number of nitrogens with zero attached hydrogens (tertiary/aromatic N) is 2. The van der Waals surface area contributed by atoms with Crippen molar-refractivity contribution in [3.8, 4) is 5.75 Å². The Hall–Kier alpha value is -2.30. The van der Waals surface area contributed by atoms with E-state index < -0.39 is 28.5 Å². The summed E-state index contributed by atoms with van der Waals surface area (Å²) in [5, 5.41) is 3.05. The van der Waals surface area contributed by atoms with Crippen molar-refractivity contribution in [1.82, 2.24) is 10.2 Å². The fourth-order valence-electron chi connectivity index (χ4n) is 3.25. The van der Waals surface area contributed by atoms with E-state index in [2.05, 4.69) is 21.2 Å². The lowest BCUT2D eigenvalue weighted by Crippen LogP contribution is -2.51. The molecule has 0 bridgehead atoms. The summed E-state index contributed by atoms with van der Waals surface area (Å²) in [5.41, 5.74) is 1.01. The maximum Gasteiger partial charge on any atom is 0.244 e. The number of hydrogen-bond acceptors (Lipinski definition) is 5. The van der Waals surface area contributed by atoms with Crippen molar-refractivity contribution in [2.45, 2.75) is 33.4 Å². The fraction of sp³-hybridized carbons (Fsp3) is 0.417. The highest BCUT2D eigenvalue weighted by Gasteiger charge is 2.30. The lowest BCUT2D eigenvalue weighted by atomic mass is 10.1. The fourth-order valence-corrected chi connectivity index (χ4v) is 4.60. The lowest BCUT2D eigenvalue weighted by Gasteiger charge is -2.31. The summed E-state index contributed by atoms with van der Waals surface area (Å²) in [6.45, 7) is 5.66. The number of halogens is 2. The number of rotatable bonds is 11. The van der Waals surface area contributed by atoms with E-state index in [1.807, 2.05) is 38.1 Å². The predicted molar refractivity (Wildman–Crippen MR) is 142 cm³/mol. The molecule has 2 rings (SSSR count). The predicted octanol–water partition coefficient (Wildman–Crippen LogP) is 4.07. The average Bonchev–Trinajstić information content (AvgIpc) is 2.79. The summed E-state index contributed by atoms with van der Waals surface area (Å²) in [7, 11) is -2.40. The van der Waals surface area contributed by atoms with E-state index in [1.54, 1.807) is 6.92 Å². The van der Waals surface area contributed by atoms with Gasteiger partial charge in [0.1, 0.15) is 18.3 Å². The molecule has 8 nitrogen and oxygen atoms in total. The van der Waals surface area contributed by atoms with Crippen molar-refractivity contribution in [2.24, 2.45) is 5.92 Å². The molecule has 192 valence electrons. The maximum absolute atomic E-state index is 13.5. The minimum absolute atomic E-state index is 0.128. The Labute approximate surface area is 220 Å². The Morgan fingerprint density at radius 1 is 1.11 bits per heavy atom. The Kier molecular flexibility index (Phi) is 10.4. The van der Waals surface area contributed by atoms with Crippen LogP contribution in [0.1, 0.15) is 26.3 Å². The first-order chi connectivity index (χ1) is 16.3. The van der Waals surface area contributed by atoms with Crippen LogP contribution in [0.3, 0.4) is 0 Å². The van der Waals surface area contributed by atoms with E-state index >= 15 is 0 Å². The molecule has 11 heteroatoms. The van der Waals surface area contributed by atoms with Gasteiger partial charge in [-0.15, -0.1) is 0 Å². The van der Waals surface area contributed by atoms with Gasteiger partial charge in [0, 0.05) is 17.6 Å². The van der Waals surface area contributed by atoms with Crippen LogP contribution in [-0.4, -0.2) is 57.6 Å². The third kappa shape index (κ3) is 8.40. The molecule has 0 radical (unpaired) electrons. The molecule has 0 aliphatic heterocycles. The monoisotopic (exact) mass is 587 g/mol. The topological polar surface area (TPSA) is 96.0 Å². The molecule has 35 heavy (non-hydrogen) atoms. The van der Waals surface area contributed by atoms with E-state index in [0.717, 1.165) is 20.6 Å². The second kappa shape index (κ2) is 12.6. The number of carbonyl (C=O) groups excluding carboxylic acids is 2. The molecule has 2 amide bonds. The van der Waals surface area contributed by atoms with Gasteiger partial charge in [-0.3, -0.25) is 13.9 Å². The Morgan fingerprint density at radius 2 is 1.74 bits per heavy atom. The van der Waals surface area contributed by atoms with Crippen molar-refractivity contribution in [1.29, 1.82) is 0 Å². The first-order valence-electron chi connectivity index (χ1n) is 11.0. The van der Waals surface area contributed by atoms with Gasteiger partial charge in [0.25, 0.3) is 0 Å². The highest BCUT2D eigenvalue weighted by Crippen LogP contribution is 2.30. The molecule has 0 aliphatic rings. The van der Waals surface area contributed by atoms with Crippen molar-refractivity contribution in [3.63, 3.8) is 0 Å². The van der Waals surface area contributed by atoms with Crippen LogP contribution in [0, 0.1) is 5.92 Å². The molecule has 0 saturated heterocycles. The zero-order chi connectivity index (χ0) is 26.3. The normalized spacial score (nSPS) is 12.2. The minimum atomic E-state index is -3.85. The molecule has 0 fully saturated rings. The summed E-state index contributed by atoms with van der Waals surface area (Å²) in [6.07, 6.45) is 1.01. The number of sulfonamides is 1. The van der Waals surface area contributed by atoms with Gasteiger partial charge in [-0.05, 0) is 48.7 Å². The van der Waals surface area contributed by atoms with Crippen LogP contribution in [0.15, 0.2) is 46.9 Å². The zero-order valence-corrected chi connectivity index (χ0v) is 23.6. The number of nitrogens with one attached hydrogen (secondary N) is 1. The molecule has 0 aliphatic carbocycles. The first kappa shape index (κ1) is 28.9. The highest BCUT2D eigenvalue weighted by atomic mass is 79.9. The van der Waals surface area contributed by atoms with Gasteiger partial charge >= 0.3 is 0 Å². The molecule has 1 unspecified atom stereocenters. The van der Waals surface area contributed by atoms with E-state index in [1.165, 1.54) is 30.2 Å². The summed E-state index contributed by atoms with van der Waals surface area (Å²) in [6, 6.07) is 11.0. The Morgan fingerprint density at radius 3 is 2.26 bits per heavy atom. The summed E-state index contributed by atoms with van der Waals surface area (Å²) in [5.74, 6) is -0.232. The number of methoxy groups -OCH3 is 1. The molecule has 0 saturated carbocycles. The molecule has 1 atom stereocenters. The van der Waals surface area contributed by atoms with Crippen LogP contribution in [0.2, 0.25) is 5.02 Å². The van der Waals surface area contributed by atoms with Crippen LogP contribution >= 0.6 is 27.5 Å². The van der Waals surface area contributed by atoms with Gasteiger partial charge in [-0.25, -0.2) is 8.42 Å². The number of ether oxygens (including phenoxy) is 1. The lowest BCUT2D eigenvalue weighted by molar-refractivity contribution is -0.139. The minimum Gasteiger partial charge on any atom is -0.495 e. The van der Waals surface area contributed by atoms with E-state index in [0.29, 0.717) is 12.3 Å². The third-order valence-corrected chi connectivity index (χ3v) is 7.19. The van der Waals surface area contributed by atoms with Gasteiger partial charge in [-0.1, -0.05) is 53.5 Å². The third-order valence-electron chi connectivity index (χ3n) is 5.22. The Balaban J connectivity index is 2.38. The first-order valence-corrected chi connectivity index (χ1v) is 14.0. The van der Waals surface area contributed by atoms with E-state index in [9.17, 15) is 18.0 Å². The number of hydrogen-bond donors (Lipinski definition) is 1. The SMILES string of the molecule is COc1ccc(N(CC(=O)N(Cc2ccc(Br)cc2)C(C)C(=O)NCC(C)C)S(C)(=O)=O)cc1Cl. The van der Waals surface area contributed by atoms with Crippen molar-refractivity contribution >= 4 is 55.1 Å². The van der Waals surface area contributed by atoms with Crippen LogP contribution in [-0.2, 0) is 26.2 Å². The summed E-state index contributed by atoms with van der Waals surface area (Å²) in [4.78, 5) is 27.7. The van der Waals surface area contributed by atoms with Gasteiger partial charge in [-0.2, -0.15) is 0 Å². The smallest absolute Gasteiger partial charge is 0.244 e. The Bertz CT molecular complexity index is 1140. The summed E-state index contributed by atoms with van der Waals surface area (Å²) >= 11 is 9.58. The average molecular weight is 589 g/mol. The second-order valence-electron chi connectivity index (χ2n) is 8.55. The molecular formula is C24H31BrClN3O5S. The largest absolute Gasteiger partial charge is 0.495 e. The van der Waals surface area contributed by atoms with Gasteiger partial charge in [0.05, 0.1) is 24.1 Å². The maximum atomic E-state index is 13.5. The molecule has 2 aromatic carbocycles. The molecule has 0 spiro atoms. The van der Waals surface area contributed by atoms with Crippen LogP contribution in [0.5, 0.6) is 5.75 Å². The van der Waals surface area contributed by atoms with Crippen molar-refractivity contribution in [2.75, 3.05) is 30.8 Å². The molecule has 0 heterocycles. The number of carbonyl (C=O) groups is 2. The number of benzene rings is 2. The standard InChI is InChI=1S/C24H31BrClN3O5S/c1-16(2)13-27-24(31)17(3)28(14-18-6-8-19(25)9-7-18)23(30)15-29(35(5,32)33)20-10-11-22(34-4)21(26)12-20/h6-12,16-17H,13-15H2,1-5H3,(H,27,31). The van der Waals surface area contributed by atoms with Gasteiger partial charge in [0.2, 0.25) is 21.8 Å². The molecule has 0 aromatic heterocycles. The van der Waals surface area contributed by atoms with Crippen LogP contribution in [0.25, 0.3) is 0 Å². The van der Waals surface area contributed by atoms with Gasteiger partial charge in [0.15, 0.2) is 0 Å². The number of amides is 2. The van der Waals surface area contributed by atoms with Crippen LogP contribution in [0.4, 0.5) is 5.69 Å². The van der Waals surface area contributed by atoms with E-state index in [4.69, 9.17) is 16.3 Å².